The number of hydrogen-bond donors (Lipinski definition) is 3. The lowest BCUT2D eigenvalue weighted by Crippen LogP contribution is -2.19. The number of benzene rings is 1. The zero-order valence-electron chi connectivity index (χ0n) is 10.6. The Labute approximate surface area is 110 Å². The molecule has 0 aliphatic rings. The van der Waals surface area contributed by atoms with Crippen LogP contribution in [0.3, 0.4) is 0 Å². The molecule has 0 fully saturated rings. The Morgan fingerprint density at radius 1 is 1.32 bits per heavy atom. The number of carbonyl (C=O) groups is 2. The van der Waals surface area contributed by atoms with E-state index >= 15 is 0 Å². The van der Waals surface area contributed by atoms with Crippen molar-refractivity contribution in [1.29, 1.82) is 5.41 Å². The number of hydrogen-bond acceptors (Lipinski definition) is 5. The third-order valence-electron chi connectivity index (χ3n) is 2.23. The number of amides is 1. The van der Waals surface area contributed by atoms with E-state index in [1.165, 1.54) is 0 Å². The van der Waals surface area contributed by atoms with Gasteiger partial charge in [-0.15, -0.1) is 0 Å². The van der Waals surface area contributed by atoms with Gasteiger partial charge in [-0.3, -0.25) is 10.2 Å². The van der Waals surface area contributed by atoms with Crippen LogP contribution in [0.1, 0.15) is 5.56 Å². The van der Waals surface area contributed by atoms with Crippen LogP contribution < -0.4 is 5.32 Å². The van der Waals surface area contributed by atoms with Gasteiger partial charge in [-0.25, -0.2) is 4.79 Å². The monoisotopic (exact) mass is 262 g/mol. The molecule has 1 aromatic rings. The van der Waals surface area contributed by atoms with Crippen molar-refractivity contribution in [2.75, 3.05) is 12.4 Å². The maximum absolute atomic E-state index is 11.5. The zero-order valence-corrected chi connectivity index (χ0v) is 10.6. The average molecular weight is 262 g/mol. The van der Waals surface area contributed by atoms with Crippen LogP contribution in [0.2, 0.25) is 0 Å². The van der Waals surface area contributed by atoms with Crippen LogP contribution in [-0.2, 0) is 14.3 Å². The van der Waals surface area contributed by atoms with E-state index in [0.717, 1.165) is 18.7 Å². The fourth-order valence-electron chi connectivity index (χ4n) is 1.22. The molecule has 0 spiro atoms. The third-order valence-corrected chi connectivity index (χ3v) is 2.23. The highest BCUT2D eigenvalue weighted by molar-refractivity contribution is 6.41. The van der Waals surface area contributed by atoms with Crippen molar-refractivity contribution in [3.63, 3.8) is 0 Å². The van der Waals surface area contributed by atoms with Crippen LogP contribution in [0.5, 0.6) is 0 Å². The maximum atomic E-state index is 11.5. The lowest BCUT2D eigenvalue weighted by Gasteiger charge is -2.03. The molecule has 0 heterocycles. The Morgan fingerprint density at radius 3 is 2.42 bits per heavy atom. The first-order valence-corrected chi connectivity index (χ1v) is 5.39. The lowest BCUT2D eigenvalue weighted by atomic mass is 10.2. The Morgan fingerprint density at radius 2 is 1.89 bits per heavy atom. The molecule has 0 aromatic heterocycles. The molecule has 1 aromatic carbocycles. The van der Waals surface area contributed by atoms with Crippen LogP contribution in [0.4, 0.5) is 5.69 Å². The third kappa shape index (κ3) is 4.27. The number of nitrogens with one attached hydrogen (secondary N) is 2. The second-order valence-corrected chi connectivity index (χ2v) is 3.75. The normalized spacial score (nSPS) is 10.7. The summed E-state index contributed by atoms with van der Waals surface area (Å²) >= 11 is 0. The van der Waals surface area contributed by atoms with Crippen molar-refractivity contribution in [3.8, 4) is 0 Å². The number of aliphatic hydroxyl groups is 1. The summed E-state index contributed by atoms with van der Waals surface area (Å²) in [7, 11) is 1.08. The van der Waals surface area contributed by atoms with Crippen LogP contribution in [0.15, 0.2) is 36.1 Å². The van der Waals surface area contributed by atoms with Crippen LogP contribution in [-0.4, -0.2) is 29.8 Å². The van der Waals surface area contributed by atoms with Gasteiger partial charge in [-0.2, -0.15) is 0 Å². The van der Waals surface area contributed by atoms with Gasteiger partial charge in [0.25, 0.3) is 5.91 Å². The Hall–Kier alpha value is -2.63. The van der Waals surface area contributed by atoms with Crippen LogP contribution in [0.25, 0.3) is 0 Å². The predicted molar refractivity (Wildman–Crippen MR) is 70.3 cm³/mol. The smallest absolute Gasteiger partial charge is 0.359 e. The zero-order chi connectivity index (χ0) is 14.4. The summed E-state index contributed by atoms with van der Waals surface area (Å²) < 4.78 is 4.25. The van der Waals surface area contributed by atoms with E-state index in [4.69, 9.17) is 5.41 Å². The number of aryl methyl sites for hydroxylation is 1. The van der Waals surface area contributed by atoms with Crippen molar-refractivity contribution in [1.82, 2.24) is 0 Å². The fraction of sp³-hybridized carbons (Fsp3) is 0.154. The molecule has 0 radical (unpaired) electrons. The van der Waals surface area contributed by atoms with E-state index in [1.54, 1.807) is 12.1 Å². The lowest BCUT2D eigenvalue weighted by molar-refractivity contribution is -0.132. The first kappa shape index (κ1) is 14.4. The summed E-state index contributed by atoms with van der Waals surface area (Å²) in [5.74, 6) is -2.41. The molecule has 19 heavy (non-hydrogen) atoms. The molecule has 0 atom stereocenters. The highest BCUT2D eigenvalue weighted by atomic mass is 16.5. The Kier molecular flexibility index (Phi) is 4.82. The van der Waals surface area contributed by atoms with Crippen molar-refractivity contribution in [2.45, 2.75) is 6.92 Å². The van der Waals surface area contributed by atoms with Gasteiger partial charge in [-0.1, -0.05) is 17.7 Å². The first-order chi connectivity index (χ1) is 8.93. The molecule has 0 unspecified atom stereocenters. The topological polar surface area (TPSA) is 99.5 Å². The van der Waals surface area contributed by atoms with Crippen molar-refractivity contribution in [2.24, 2.45) is 0 Å². The minimum atomic E-state index is -1.02. The largest absolute Gasteiger partial charge is 0.505 e. The van der Waals surface area contributed by atoms with Gasteiger partial charge >= 0.3 is 5.97 Å². The number of anilines is 1. The molecule has 6 nitrogen and oxygen atoms in total. The number of rotatable bonds is 4. The average Bonchev–Trinajstić information content (AvgIpc) is 2.39. The quantitative estimate of drug-likeness (QED) is 0.332. The van der Waals surface area contributed by atoms with Gasteiger partial charge in [0.05, 0.1) is 7.11 Å². The molecule has 6 heteroatoms. The number of carbonyl (C=O) groups excluding carboxylic acids is 2. The van der Waals surface area contributed by atoms with Crippen molar-refractivity contribution >= 4 is 23.3 Å². The molecule has 0 saturated heterocycles. The summed E-state index contributed by atoms with van der Waals surface area (Å²) in [5, 5.41) is 19.1. The van der Waals surface area contributed by atoms with Gasteiger partial charge in [0.2, 0.25) is 0 Å². The Bertz CT molecular complexity index is 532. The van der Waals surface area contributed by atoms with E-state index in [1.807, 2.05) is 19.1 Å². The van der Waals surface area contributed by atoms with Crippen molar-refractivity contribution in [3.05, 3.63) is 41.7 Å². The second kappa shape index (κ2) is 6.34. The molecule has 0 saturated carbocycles. The molecule has 1 amide bonds. The summed E-state index contributed by atoms with van der Waals surface area (Å²) in [6.45, 7) is 1.91. The van der Waals surface area contributed by atoms with Gasteiger partial charge in [-0.05, 0) is 19.1 Å². The summed E-state index contributed by atoms with van der Waals surface area (Å²) in [5.41, 5.74) is 0.815. The SMILES string of the molecule is COC(=O)C(=N)/C(O)=C\C(=O)Nc1ccc(C)cc1. The molecule has 0 aliphatic heterocycles. The molecular formula is C13H14N2O4. The van der Waals surface area contributed by atoms with E-state index in [0.29, 0.717) is 5.69 Å². The van der Waals surface area contributed by atoms with E-state index in [2.05, 4.69) is 10.1 Å². The summed E-state index contributed by atoms with van der Waals surface area (Å²) in [4.78, 5) is 22.5. The van der Waals surface area contributed by atoms with Crippen LogP contribution >= 0.6 is 0 Å². The minimum absolute atomic E-state index is 0.546. The maximum Gasteiger partial charge on any atom is 0.359 e. The highest BCUT2D eigenvalue weighted by Crippen LogP contribution is 2.08. The minimum Gasteiger partial charge on any atom is -0.505 e. The van der Waals surface area contributed by atoms with E-state index in [-0.39, 0.29) is 0 Å². The Balaban J connectivity index is 2.71. The molecule has 0 bridgehead atoms. The second-order valence-electron chi connectivity index (χ2n) is 3.75. The van der Waals surface area contributed by atoms with Crippen molar-refractivity contribution < 1.29 is 19.4 Å². The highest BCUT2D eigenvalue weighted by Gasteiger charge is 2.15. The van der Waals surface area contributed by atoms with Gasteiger partial charge in [0, 0.05) is 11.8 Å². The number of methoxy groups -OCH3 is 1. The summed E-state index contributed by atoms with van der Waals surface area (Å²) in [6, 6.07) is 7.03. The number of aliphatic hydroxyl groups excluding tert-OH is 1. The standard InChI is InChI=1S/C13H14N2O4/c1-8-3-5-9(6-4-8)15-11(17)7-10(16)12(14)13(18)19-2/h3-7,14,16H,1-2H3,(H,15,17)/b10-7+,14-12?. The molecular weight excluding hydrogens is 248 g/mol. The van der Waals surface area contributed by atoms with Gasteiger partial charge < -0.3 is 15.2 Å². The number of ether oxygens (including phenoxy) is 1. The summed E-state index contributed by atoms with van der Waals surface area (Å²) in [6.07, 6.45) is 0.749. The van der Waals surface area contributed by atoms with Gasteiger partial charge in [0.15, 0.2) is 11.5 Å². The van der Waals surface area contributed by atoms with Crippen LogP contribution in [0, 0.1) is 12.3 Å². The van der Waals surface area contributed by atoms with E-state index in [9.17, 15) is 14.7 Å². The molecule has 0 aliphatic carbocycles. The predicted octanol–water partition coefficient (Wildman–Crippen LogP) is 1.57. The molecule has 100 valence electrons. The first-order valence-electron chi connectivity index (χ1n) is 5.39. The number of esters is 1. The van der Waals surface area contributed by atoms with E-state index < -0.39 is 23.3 Å². The molecule has 1 rings (SSSR count). The molecule has 3 N–H and O–H groups in total. The van der Waals surface area contributed by atoms with Gasteiger partial charge in [0.1, 0.15) is 0 Å². The fourth-order valence-corrected chi connectivity index (χ4v) is 1.22.